The maximum absolute atomic E-state index is 13.0. The van der Waals surface area contributed by atoms with Crippen molar-refractivity contribution in [2.45, 2.75) is 0 Å². The van der Waals surface area contributed by atoms with Crippen molar-refractivity contribution in [3.05, 3.63) is 66.0 Å². The minimum atomic E-state index is -0.374. The molecule has 1 saturated heterocycles. The summed E-state index contributed by atoms with van der Waals surface area (Å²) >= 11 is 0. The predicted octanol–water partition coefficient (Wildman–Crippen LogP) is 2.21. The van der Waals surface area contributed by atoms with Gasteiger partial charge in [0, 0.05) is 31.7 Å². The van der Waals surface area contributed by atoms with Crippen LogP contribution < -0.4 is 4.74 Å². The van der Waals surface area contributed by atoms with Gasteiger partial charge in [-0.25, -0.2) is 4.39 Å². The third kappa shape index (κ3) is 5.53. The van der Waals surface area contributed by atoms with E-state index in [4.69, 9.17) is 9.47 Å². The number of benzene rings is 2. The molecule has 0 saturated carbocycles. The normalized spacial score (nSPS) is 14.0. The first-order chi connectivity index (χ1) is 13.6. The van der Waals surface area contributed by atoms with Gasteiger partial charge in [0.05, 0.1) is 6.61 Å². The lowest BCUT2D eigenvalue weighted by molar-refractivity contribution is -0.137. The first-order valence-corrected chi connectivity index (χ1v) is 9.22. The van der Waals surface area contributed by atoms with Gasteiger partial charge in [-0.15, -0.1) is 0 Å². The van der Waals surface area contributed by atoms with Crippen molar-refractivity contribution in [2.24, 2.45) is 0 Å². The minimum absolute atomic E-state index is 0.00986. The summed E-state index contributed by atoms with van der Waals surface area (Å²) < 4.78 is 23.9. The number of carbonyl (C=O) groups is 2. The maximum Gasteiger partial charge on any atom is 0.253 e. The van der Waals surface area contributed by atoms with Crippen LogP contribution in [0.1, 0.15) is 10.4 Å². The largest absolute Gasteiger partial charge is 0.491 e. The average molecular weight is 386 g/mol. The number of piperazine rings is 1. The fraction of sp³-hybridized carbons (Fsp3) is 0.333. The van der Waals surface area contributed by atoms with Crippen LogP contribution >= 0.6 is 0 Å². The second-order valence-electron chi connectivity index (χ2n) is 6.39. The number of ether oxygens (including phenoxy) is 2. The van der Waals surface area contributed by atoms with Crippen molar-refractivity contribution in [3.63, 3.8) is 0 Å². The molecule has 0 spiro atoms. The number of hydrogen-bond donors (Lipinski definition) is 0. The van der Waals surface area contributed by atoms with E-state index in [0.29, 0.717) is 45.0 Å². The predicted molar refractivity (Wildman–Crippen MR) is 102 cm³/mol. The van der Waals surface area contributed by atoms with Crippen molar-refractivity contribution in [1.29, 1.82) is 0 Å². The van der Waals surface area contributed by atoms with Crippen LogP contribution in [-0.2, 0) is 9.53 Å². The number of rotatable bonds is 7. The van der Waals surface area contributed by atoms with E-state index < -0.39 is 0 Å². The molecule has 0 N–H and O–H groups in total. The standard InChI is InChI=1S/C21H23FN2O4/c22-18-8-6-17(7-9-18)21(26)24-12-10-23(11-13-24)20(25)16-27-14-15-28-19-4-2-1-3-5-19/h1-9H,10-16H2. The summed E-state index contributed by atoms with van der Waals surface area (Å²) in [6.45, 7) is 2.48. The highest BCUT2D eigenvalue weighted by Crippen LogP contribution is 2.11. The molecule has 1 aliphatic heterocycles. The molecule has 2 aromatic rings. The molecule has 0 aromatic heterocycles. The van der Waals surface area contributed by atoms with Crippen LogP contribution in [0.15, 0.2) is 54.6 Å². The highest BCUT2D eigenvalue weighted by Gasteiger charge is 2.24. The van der Waals surface area contributed by atoms with Crippen LogP contribution in [-0.4, -0.2) is 67.6 Å². The monoisotopic (exact) mass is 386 g/mol. The fourth-order valence-electron chi connectivity index (χ4n) is 2.92. The molecule has 1 heterocycles. The average Bonchev–Trinajstić information content (AvgIpc) is 2.74. The van der Waals surface area contributed by atoms with Gasteiger partial charge in [-0.05, 0) is 36.4 Å². The van der Waals surface area contributed by atoms with Crippen LogP contribution in [0.2, 0.25) is 0 Å². The number of hydrogen-bond acceptors (Lipinski definition) is 4. The summed E-state index contributed by atoms with van der Waals surface area (Å²) in [7, 11) is 0. The topological polar surface area (TPSA) is 59.1 Å². The molecule has 7 heteroatoms. The lowest BCUT2D eigenvalue weighted by Gasteiger charge is -2.34. The van der Waals surface area contributed by atoms with Gasteiger partial charge in [-0.2, -0.15) is 0 Å². The summed E-state index contributed by atoms with van der Waals surface area (Å²) in [5.74, 6) is 0.135. The third-order valence-corrected chi connectivity index (χ3v) is 4.48. The van der Waals surface area contributed by atoms with Crippen molar-refractivity contribution < 1.29 is 23.5 Å². The smallest absolute Gasteiger partial charge is 0.253 e. The van der Waals surface area contributed by atoms with E-state index in [1.165, 1.54) is 24.3 Å². The van der Waals surface area contributed by atoms with Gasteiger partial charge in [0.2, 0.25) is 5.91 Å². The molecule has 3 rings (SSSR count). The van der Waals surface area contributed by atoms with E-state index in [-0.39, 0.29) is 24.2 Å². The number of amides is 2. The first kappa shape index (κ1) is 19.8. The lowest BCUT2D eigenvalue weighted by Crippen LogP contribution is -2.51. The summed E-state index contributed by atoms with van der Waals surface area (Å²) in [5, 5.41) is 0. The molecule has 2 amide bonds. The number of carbonyl (C=O) groups excluding carboxylic acids is 2. The van der Waals surface area contributed by atoms with Crippen molar-refractivity contribution in [1.82, 2.24) is 9.80 Å². The SMILES string of the molecule is O=C(COCCOc1ccccc1)N1CCN(C(=O)c2ccc(F)cc2)CC1. The zero-order valence-corrected chi connectivity index (χ0v) is 15.6. The van der Waals surface area contributed by atoms with E-state index in [1.54, 1.807) is 9.80 Å². The maximum atomic E-state index is 13.0. The van der Waals surface area contributed by atoms with E-state index in [0.717, 1.165) is 5.75 Å². The van der Waals surface area contributed by atoms with E-state index in [1.807, 2.05) is 30.3 Å². The van der Waals surface area contributed by atoms with Crippen LogP contribution in [0.3, 0.4) is 0 Å². The Labute approximate surface area is 163 Å². The Kier molecular flexibility index (Phi) is 6.97. The highest BCUT2D eigenvalue weighted by atomic mass is 19.1. The first-order valence-electron chi connectivity index (χ1n) is 9.22. The summed E-state index contributed by atoms with van der Waals surface area (Å²) in [6, 6.07) is 14.9. The Morgan fingerprint density at radius 1 is 0.857 bits per heavy atom. The molecule has 28 heavy (non-hydrogen) atoms. The molecule has 0 atom stereocenters. The van der Waals surface area contributed by atoms with Gasteiger partial charge in [-0.1, -0.05) is 18.2 Å². The van der Waals surface area contributed by atoms with Crippen LogP contribution in [0, 0.1) is 5.82 Å². The summed E-state index contributed by atoms with van der Waals surface area (Å²) in [6.07, 6.45) is 0. The minimum Gasteiger partial charge on any atom is -0.491 e. The van der Waals surface area contributed by atoms with Crippen LogP contribution in [0.25, 0.3) is 0 Å². The van der Waals surface area contributed by atoms with Crippen LogP contribution in [0.5, 0.6) is 5.75 Å². The lowest BCUT2D eigenvalue weighted by atomic mass is 10.2. The molecule has 0 unspecified atom stereocenters. The Morgan fingerprint density at radius 2 is 1.50 bits per heavy atom. The molecule has 0 radical (unpaired) electrons. The highest BCUT2D eigenvalue weighted by molar-refractivity contribution is 5.94. The second-order valence-corrected chi connectivity index (χ2v) is 6.39. The van der Waals surface area contributed by atoms with E-state index >= 15 is 0 Å². The zero-order valence-electron chi connectivity index (χ0n) is 15.6. The van der Waals surface area contributed by atoms with Gasteiger partial charge in [-0.3, -0.25) is 9.59 Å². The summed E-state index contributed by atoms with van der Waals surface area (Å²) in [5.41, 5.74) is 0.447. The Bertz CT molecular complexity index is 775. The van der Waals surface area contributed by atoms with Crippen molar-refractivity contribution >= 4 is 11.8 Å². The molecule has 0 aliphatic carbocycles. The number of halogens is 1. The molecule has 1 aliphatic rings. The Morgan fingerprint density at radius 3 is 2.18 bits per heavy atom. The molecule has 2 aromatic carbocycles. The van der Waals surface area contributed by atoms with Crippen molar-refractivity contribution in [2.75, 3.05) is 46.0 Å². The molecule has 0 bridgehead atoms. The quantitative estimate of drug-likeness (QED) is 0.685. The second kappa shape index (κ2) is 9.85. The van der Waals surface area contributed by atoms with Gasteiger partial charge in [0.15, 0.2) is 0 Å². The fourth-order valence-corrected chi connectivity index (χ4v) is 2.92. The molecular formula is C21H23FN2O4. The molecule has 148 valence electrons. The van der Waals surface area contributed by atoms with Gasteiger partial charge in [0.25, 0.3) is 5.91 Å². The molecule has 6 nitrogen and oxygen atoms in total. The van der Waals surface area contributed by atoms with Gasteiger partial charge < -0.3 is 19.3 Å². The van der Waals surface area contributed by atoms with Crippen molar-refractivity contribution in [3.8, 4) is 5.75 Å². The Balaban J connectivity index is 1.34. The third-order valence-electron chi connectivity index (χ3n) is 4.48. The van der Waals surface area contributed by atoms with Crippen LogP contribution in [0.4, 0.5) is 4.39 Å². The number of para-hydroxylation sites is 1. The zero-order chi connectivity index (χ0) is 19.8. The van der Waals surface area contributed by atoms with Gasteiger partial charge in [0.1, 0.15) is 24.8 Å². The molecular weight excluding hydrogens is 363 g/mol. The summed E-state index contributed by atoms with van der Waals surface area (Å²) in [4.78, 5) is 28.0. The van der Waals surface area contributed by atoms with E-state index in [9.17, 15) is 14.0 Å². The number of nitrogens with zero attached hydrogens (tertiary/aromatic N) is 2. The Hall–Kier alpha value is -2.93. The molecule has 1 fully saturated rings. The van der Waals surface area contributed by atoms with Gasteiger partial charge >= 0.3 is 0 Å². The van der Waals surface area contributed by atoms with E-state index in [2.05, 4.69) is 0 Å².